The van der Waals surface area contributed by atoms with E-state index >= 15 is 0 Å². The number of anilines is 1. The van der Waals surface area contributed by atoms with Gasteiger partial charge in [-0.1, -0.05) is 0 Å². The van der Waals surface area contributed by atoms with Crippen LogP contribution in [0, 0.1) is 0 Å². The minimum atomic E-state index is 0.123. The average molecular weight is 262 g/mol. The number of rotatable bonds is 4. The number of carbonyl (C=O) groups is 1. The standard InChI is InChI=1S/C15H22N2O2/c1-3-19-14-8-10-17(11-9-14)15(18)12-4-6-13(16-2)7-5-12/h4-7,14,16H,3,8-11H2,1-2H3. The number of hydrogen-bond donors (Lipinski definition) is 1. The first-order chi connectivity index (χ1) is 9.24. The van der Waals surface area contributed by atoms with Gasteiger partial charge in [-0.3, -0.25) is 4.79 Å². The van der Waals surface area contributed by atoms with Gasteiger partial charge in [-0.2, -0.15) is 0 Å². The van der Waals surface area contributed by atoms with E-state index in [0.717, 1.165) is 43.8 Å². The van der Waals surface area contributed by atoms with E-state index in [2.05, 4.69) is 5.32 Å². The molecule has 1 aliphatic heterocycles. The van der Waals surface area contributed by atoms with Crippen LogP contribution in [0.15, 0.2) is 24.3 Å². The lowest BCUT2D eigenvalue weighted by Crippen LogP contribution is -2.40. The molecule has 0 aliphatic carbocycles. The second-order valence-corrected chi connectivity index (χ2v) is 4.77. The molecule has 1 fully saturated rings. The van der Waals surface area contributed by atoms with Crippen LogP contribution in [0.5, 0.6) is 0 Å². The zero-order valence-corrected chi connectivity index (χ0v) is 11.7. The van der Waals surface area contributed by atoms with Crippen LogP contribution in [0.1, 0.15) is 30.1 Å². The fourth-order valence-corrected chi connectivity index (χ4v) is 2.42. The van der Waals surface area contributed by atoms with Crippen LogP contribution >= 0.6 is 0 Å². The summed E-state index contributed by atoms with van der Waals surface area (Å²) in [6.45, 7) is 4.35. The van der Waals surface area contributed by atoms with Crippen molar-refractivity contribution in [3.63, 3.8) is 0 Å². The second-order valence-electron chi connectivity index (χ2n) is 4.77. The third kappa shape index (κ3) is 3.47. The fourth-order valence-electron chi connectivity index (χ4n) is 2.42. The normalized spacial score (nSPS) is 16.4. The Morgan fingerprint density at radius 3 is 2.47 bits per heavy atom. The monoisotopic (exact) mass is 262 g/mol. The molecule has 1 aromatic carbocycles. The first kappa shape index (κ1) is 13.9. The van der Waals surface area contributed by atoms with Gasteiger partial charge in [0.05, 0.1) is 6.10 Å². The van der Waals surface area contributed by atoms with Gasteiger partial charge in [0.15, 0.2) is 0 Å². The molecule has 4 nitrogen and oxygen atoms in total. The van der Waals surface area contributed by atoms with E-state index in [1.54, 1.807) is 0 Å². The first-order valence-corrected chi connectivity index (χ1v) is 6.93. The van der Waals surface area contributed by atoms with E-state index < -0.39 is 0 Å². The lowest BCUT2D eigenvalue weighted by Gasteiger charge is -2.31. The Kier molecular flexibility index (Phi) is 4.80. The lowest BCUT2D eigenvalue weighted by atomic mass is 10.1. The molecule has 2 rings (SSSR count). The molecular formula is C15H22N2O2. The summed E-state index contributed by atoms with van der Waals surface area (Å²) in [5.41, 5.74) is 1.78. The van der Waals surface area contributed by atoms with E-state index in [1.165, 1.54) is 0 Å². The van der Waals surface area contributed by atoms with Crippen molar-refractivity contribution in [2.75, 3.05) is 32.1 Å². The Bertz CT molecular complexity index is 409. The third-order valence-corrected chi connectivity index (χ3v) is 3.55. The molecule has 4 heteroatoms. The predicted molar refractivity (Wildman–Crippen MR) is 76.5 cm³/mol. The van der Waals surface area contributed by atoms with Gasteiger partial charge in [-0.25, -0.2) is 0 Å². The number of amides is 1. The summed E-state index contributed by atoms with van der Waals surface area (Å²) >= 11 is 0. The highest BCUT2D eigenvalue weighted by atomic mass is 16.5. The smallest absolute Gasteiger partial charge is 0.253 e. The molecule has 1 N–H and O–H groups in total. The predicted octanol–water partition coefficient (Wildman–Crippen LogP) is 2.37. The highest BCUT2D eigenvalue weighted by molar-refractivity contribution is 5.94. The molecule has 104 valence electrons. The molecule has 0 bridgehead atoms. The van der Waals surface area contributed by atoms with Crippen LogP contribution in [-0.4, -0.2) is 43.7 Å². The summed E-state index contributed by atoms with van der Waals surface area (Å²) in [7, 11) is 1.87. The number of nitrogens with one attached hydrogen (secondary N) is 1. The summed E-state index contributed by atoms with van der Waals surface area (Å²) < 4.78 is 5.60. The van der Waals surface area contributed by atoms with Crippen LogP contribution in [0.3, 0.4) is 0 Å². The van der Waals surface area contributed by atoms with Gasteiger partial charge in [0.25, 0.3) is 5.91 Å². The molecule has 1 aliphatic rings. The van der Waals surface area contributed by atoms with Crippen molar-refractivity contribution in [2.45, 2.75) is 25.9 Å². The summed E-state index contributed by atoms with van der Waals surface area (Å²) in [5.74, 6) is 0.123. The van der Waals surface area contributed by atoms with Gasteiger partial charge in [0.2, 0.25) is 0 Å². The van der Waals surface area contributed by atoms with Gasteiger partial charge in [0.1, 0.15) is 0 Å². The van der Waals surface area contributed by atoms with E-state index in [-0.39, 0.29) is 5.91 Å². The minimum absolute atomic E-state index is 0.123. The molecule has 19 heavy (non-hydrogen) atoms. The summed E-state index contributed by atoms with van der Waals surface area (Å²) in [4.78, 5) is 14.2. The Morgan fingerprint density at radius 1 is 1.32 bits per heavy atom. The van der Waals surface area contributed by atoms with Crippen LogP contribution in [0.2, 0.25) is 0 Å². The van der Waals surface area contributed by atoms with Crippen molar-refractivity contribution in [2.24, 2.45) is 0 Å². The molecule has 0 saturated carbocycles. The topological polar surface area (TPSA) is 41.6 Å². The van der Waals surface area contributed by atoms with Gasteiger partial charge in [0, 0.05) is 38.0 Å². The quantitative estimate of drug-likeness (QED) is 0.905. The molecule has 1 heterocycles. The third-order valence-electron chi connectivity index (χ3n) is 3.55. The van der Waals surface area contributed by atoms with Crippen molar-refractivity contribution in [1.29, 1.82) is 0 Å². The van der Waals surface area contributed by atoms with Gasteiger partial charge in [-0.15, -0.1) is 0 Å². The molecule has 1 amide bonds. The molecule has 0 atom stereocenters. The lowest BCUT2D eigenvalue weighted by molar-refractivity contribution is 0.0146. The van der Waals surface area contributed by atoms with Gasteiger partial charge in [-0.05, 0) is 44.0 Å². The maximum Gasteiger partial charge on any atom is 0.253 e. The maximum atomic E-state index is 12.3. The molecule has 0 spiro atoms. The van der Waals surface area contributed by atoms with E-state index in [9.17, 15) is 4.79 Å². The SMILES string of the molecule is CCOC1CCN(C(=O)c2ccc(NC)cc2)CC1. The van der Waals surface area contributed by atoms with Crippen molar-refractivity contribution in [3.05, 3.63) is 29.8 Å². The van der Waals surface area contributed by atoms with E-state index in [1.807, 2.05) is 43.1 Å². The first-order valence-electron chi connectivity index (χ1n) is 6.93. The molecule has 0 aromatic heterocycles. The number of nitrogens with zero attached hydrogens (tertiary/aromatic N) is 1. The molecule has 0 unspecified atom stereocenters. The fraction of sp³-hybridized carbons (Fsp3) is 0.533. The van der Waals surface area contributed by atoms with Crippen LogP contribution in [0.25, 0.3) is 0 Å². The van der Waals surface area contributed by atoms with Crippen molar-refractivity contribution in [3.8, 4) is 0 Å². The highest BCUT2D eigenvalue weighted by Gasteiger charge is 2.23. The van der Waals surface area contributed by atoms with E-state index in [0.29, 0.717) is 6.10 Å². The number of piperidine rings is 1. The van der Waals surface area contributed by atoms with Crippen LogP contribution < -0.4 is 5.32 Å². The van der Waals surface area contributed by atoms with E-state index in [4.69, 9.17) is 4.74 Å². The summed E-state index contributed by atoms with van der Waals surface area (Å²) in [6, 6.07) is 7.62. The largest absolute Gasteiger partial charge is 0.388 e. The highest BCUT2D eigenvalue weighted by Crippen LogP contribution is 2.17. The molecular weight excluding hydrogens is 240 g/mol. The van der Waals surface area contributed by atoms with Gasteiger partial charge < -0.3 is 15.0 Å². The second kappa shape index (κ2) is 6.57. The van der Waals surface area contributed by atoms with Gasteiger partial charge >= 0.3 is 0 Å². The number of ether oxygens (including phenoxy) is 1. The molecule has 1 saturated heterocycles. The Morgan fingerprint density at radius 2 is 1.95 bits per heavy atom. The Labute approximate surface area is 114 Å². The zero-order chi connectivity index (χ0) is 13.7. The van der Waals surface area contributed by atoms with Crippen molar-refractivity contribution < 1.29 is 9.53 Å². The zero-order valence-electron chi connectivity index (χ0n) is 11.7. The number of hydrogen-bond acceptors (Lipinski definition) is 3. The Balaban J connectivity index is 1.93. The number of carbonyl (C=O) groups excluding carboxylic acids is 1. The molecule has 1 aromatic rings. The summed E-state index contributed by atoms with van der Waals surface area (Å²) in [6.07, 6.45) is 2.20. The van der Waals surface area contributed by atoms with Crippen molar-refractivity contribution >= 4 is 11.6 Å². The minimum Gasteiger partial charge on any atom is -0.388 e. The van der Waals surface area contributed by atoms with Crippen LogP contribution in [-0.2, 0) is 4.74 Å². The molecule has 0 radical (unpaired) electrons. The number of benzene rings is 1. The van der Waals surface area contributed by atoms with Crippen LogP contribution in [0.4, 0.5) is 5.69 Å². The maximum absolute atomic E-state index is 12.3. The average Bonchev–Trinajstić information content (AvgIpc) is 2.48. The number of likely N-dealkylation sites (tertiary alicyclic amines) is 1. The van der Waals surface area contributed by atoms with Crippen molar-refractivity contribution in [1.82, 2.24) is 4.90 Å². The summed E-state index contributed by atoms with van der Waals surface area (Å²) in [5, 5.41) is 3.05. The Hall–Kier alpha value is -1.55.